The summed E-state index contributed by atoms with van der Waals surface area (Å²) in [6.45, 7) is 2.12. The van der Waals surface area contributed by atoms with Crippen molar-refractivity contribution < 1.29 is 4.79 Å². The van der Waals surface area contributed by atoms with Crippen molar-refractivity contribution in [2.45, 2.75) is 32.6 Å². The summed E-state index contributed by atoms with van der Waals surface area (Å²) in [5, 5.41) is 4.30. The largest absolute Gasteiger partial charge is 0.273 e. The van der Waals surface area contributed by atoms with Gasteiger partial charge in [-0.1, -0.05) is 56.2 Å². The number of unbranched alkanes of at least 4 members (excludes halogenated alkanes) is 2. The highest BCUT2D eigenvalue weighted by atomic mass is 16.2. The van der Waals surface area contributed by atoms with E-state index in [4.69, 9.17) is 0 Å². The molecule has 0 fully saturated rings. The minimum absolute atomic E-state index is 0.0576. The number of rotatable bonds is 7. The van der Waals surface area contributed by atoms with E-state index in [-0.39, 0.29) is 5.91 Å². The van der Waals surface area contributed by atoms with E-state index in [0.29, 0.717) is 12.1 Å². The van der Waals surface area contributed by atoms with Crippen LogP contribution in [-0.2, 0) is 4.79 Å². The molecule has 1 N–H and O–H groups in total. The number of nitrogens with zero attached hydrogens (tertiary/aromatic N) is 2. The minimum Gasteiger partial charge on any atom is -0.273 e. The molecule has 2 aromatic rings. The first-order chi connectivity index (χ1) is 10.8. The van der Waals surface area contributed by atoms with E-state index < -0.39 is 0 Å². The van der Waals surface area contributed by atoms with Gasteiger partial charge in [-0.3, -0.25) is 9.78 Å². The molecule has 2 rings (SSSR count). The fourth-order valence-corrected chi connectivity index (χ4v) is 2.08. The molecule has 0 atom stereocenters. The van der Waals surface area contributed by atoms with Crippen LogP contribution in [0.4, 0.5) is 0 Å². The van der Waals surface area contributed by atoms with Gasteiger partial charge in [0.15, 0.2) is 0 Å². The monoisotopic (exact) mass is 295 g/mol. The first-order valence-corrected chi connectivity index (χ1v) is 7.64. The van der Waals surface area contributed by atoms with Crippen LogP contribution in [-0.4, -0.2) is 16.6 Å². The van der Waals surface area contributed by atoms with Crippen molar-refractivity contribution in [1.29, 1.82) is 0 Å². The van der Waals surface area contributed by atoms with E-state index in [2.05, 4.69) is 22.4 Å². The third kappa shape index (κ3) is 4.81. The predicted molar refractivity (Wildman–Crippen MR) is 88.6 cm³/mol. The Hall–Kier alpha value is -2.49. The van der Waals surface area contributed by atoms with Gasteiger partial charge in [0.1, 0.15) is 5.71 Å². The molecule has 1 aromatic carbocycles. The molecule has 4 nitrogen and oxygen atoms in total. The van der Waals surface area contributed by atoms with E-state index >= 15 is 0 Å². The van der Waals surface area contributed by atoms with E-state index in [1.54, 1.807) is 6.20 Å². The number of carbonyl (C=O) groups is 1. The molecular formula is C18H21N3O. The Morgan fingerprint density at radius 3 is 2.55 bits per heavy atom. The highest BCUT2D eigenvalue weighted by Crippen LogP contribution is 2.08. The quantitative estimate of drug-likeness (QED) is 0.482. The highest BCUT2D eigenvalue weighted by molar-refractivity contribution is 6.11. The van der Waals surface area contributed by atoms with Crippen molar-refractivity contribution in [2.24, 2.45) is 5.10 Å². The van der Waals surface area contributed by atoms with E-state index in [1.165, 1.54) is 0 Å². The van der Waals surface area contributed by atoms with Gasteiger partial charge in [-0.15, -0.1) is 0 Å². The van der Waals surface area contributed by atoms with E-state index in [1.807, 2.05) is 48.5 Å². The van der Waals surface area contributed by atoms with E-state index in [9.17, 15) is 4.79 Å². The SMILES string of the molecule is CCCCCC(=O)NN=C(c1ccccc1)c1ccccn1. The van der Waals surface area contributed by atoms with Crippen molar-refractivity contribution in [2.75, 3.05) is 0 Å². The topological polar surface area (TPSA) is 54.4 Å². The molecule has 0 aliphatic rings. The normalized spacial score (nSPS) is 11.2. The van der Waals surface area contributed by atoms with Crippen LogP contribution in [0.5, 0.6) is 0 Å². The molecule has 0 bridgehead atoms. The van der Waals surface area contributed by atoms with Gasteiger partial charge in [-0.25, -0.2) is 5.43 Å². The van der Waals surface area contributed by atoms with Crippen LogP contribution in [0.3, 0.4) is 0 Å². The van der Waals surface area contributed by atoms with Crippen molar-refractivity contribution in [3.63, 3.8) is 0 Å². The summed E-state index contributed by atoms with van der Waals surface area (Å²) in [7, 11) is 0. The fourth-order valence-electron chi connectivity index (χ4n) is 2.08. The van der Waals surface area contributed by atoms with Crippen LogP contribution in [0.2, 0.25) is 0 Å². The maximum absolute atomic E-state index is 11.8. The van der Waals surface area contributed by atoms with Crippen LogP contribution in [0.1, 0.15) is 43.9 Å². The predicted octanol–water partition coefficient (Wildman–Crippen LogP) is 3.53. The van der Waals surface area contributed by atoms with Crippen LogP contribution < -0.4 is 5.43 Å². The molecule has 1 heterocycles. The van der Waals surface area contributed by atoms with Gasteiger partial charge in [0.05, 0.1) is 5.69 Å². The Balaban J connectivity index is 2.15. The number of hydrazone groups is 1. The lowest BCUT2D eigenvalue weighted by Gasteiger charge is -2.07. The second kappa shape index (κ2) is 8.72. The first-order valence-electron chi connectivity index (χ1n) is 7.64. The van der Waals surface area contributed by atoms with Gasteiger partial charge in [0, 0.05) is 18.2 Å². The smallest absolute Gasteiger partial charge is 0.240 e. The third-order valence-corrected chi connectivity index (χ3v) is 3.25. The lowest BCUT2D eigenvalue weighted by Crippen LogP contribution is -2.20. The van der Waals surface area contributed by atoms with Crippen molar-refractivity contribution in [1.82, 2.24) is 10.4 Å². The molecule has 22 heavy (non-hydrogen) atoms. The van der Waals surface area contributed by atoms with Crippen LogP contribution >= 0.6 is 0 Å². The van der Waals surface area contributed by atoms with Gasteiger partial charge in [0.25, 0.3) is 0 Å². The number of aromatic nitrogens is 1. The molecule has 1 aromatic heterocycles. The van der Waals surface area contributed by atoms with Gasteiger partial charge < -0.3 is 0 Å². The summed E-state index contributed by atoms with van der Waals surface area (Å²) >= 11 is 0. The number of benzene rings is 1. The highest BCUT2D eigenvalue weighted by Gasteiger charge is 2.09. The van der Waals surface area contributed by atoms with Gasteiger partial charge in [0.2, 0.25) is 5.91 Å². The molecule has 1 amide bonds. The molecule has 0 saturated carbocycles. The standard InChI is InChI=1S/C18H21N3O/c1-2-3-5-13-17(22)20-21-18(15-10-6-4-7-11-15)16-12-8-9-14-19-16/h4,6-12,14H,2-3,5,13H2,1H3,(H,20,22). The lowest BCUT2D eigenvalue weighted by atomic mass is 10.1. The van der Waals surface area contributed by atoms with Gasteiger partial charge in [-0.05, 0) is 18.6 Å². The maximum atomic E-state index is 11.8. The van der Waals surface area contributed by atoms with Crippen molar-refractivity contribution in [3.05, 3.63) is 66.0 Å². The average Bonchev–Trinajstić information content (AvgIpc) is 2.57. The lowest BCUT2D eigenvalue weighted by molar-refractivity contribution is -0.121. The summed E-state index contributed by atoms with van der Waals surface area (Å²) in [5.41, 5.74) is 4.98. The average molecular weight is 295 g/mol. The van der Waals surface area contributed by atoms with Crippen LogP contribution in [0, 0.1) is 0 Å². The van der Waals surface area contributed by atoms with Crippen molar-refractivity contribution in [3.8, 4) is 0 Å². The number of carbonyl (C=O) groups excluding carboxylic acids is 1. The molecule has 0 unspecified atom stereocenters. The fraction of sp³-hybridized carbons (Fsp3) is 0.278. The van der Waals surface area contributed by atoms with E-state index in [0.717, 1.165) is 30.5 Å². The van der Waals surface area contributed by atoms with Crippen molar-refractivity contribution >= 4 is 11.6 Å². The summed E-state index contributed by atoms with van der Waals surface area (Å²) in [6, 6.07) is 15.4. The first kappa shape index (κ1) is 15.9. The molecule has 0 aliphatic heterocycles. The molecular weight excluding hydrogens is 274 g/mol. The Labute approximate surface area is 131 Å². The molecule has 114 valence electrons. The molecule has 0 aliphatic carbocycles. The van der Waals surface area contributed by atoms with Gasteiger partial charge >= 0.3 is 0 Å². The van der Waals surface area contributed by atoms with Crippen LogP contribution in [0.25, 0.3) is 0 Å². The second-order valence-corrected chi connectivity index (χ2v) is 5.03. The zero-order valence-corrected chi connectivity index (χ0v) is 12.8. The number of nitrogens with one attached hydrogen (secondary N) is 1. The Morgan fingerprint density at radius 2 is 1.86 bits per heavy atom. The number of hydrogen-bond donors (Lipinski definition) is 1. The zero-order chi connectivity index (χ0) is 15.6. The number of pyridine rings is 1. The Morgan fingerprint density at radius 1 is 1.09 bits per heavy atom. The molecule has 0 radical (unpaired) electrons. The maximum Gasteiger partial charge on any atom is 0.240 e. The number of amides is 1. The molecule has 0 saturated heterocycles. The third-order valence-electron chi connectivity index (χ3n) is 3.25. The summed E-state index contributed by atoms with van der Waals surface area (Å²) in [4.78, 5) is 16.2. The number of hydrogen-bond acceptors (Lipinski definition) is 3. The summed E-state index contributed by atoms with van der Waals surface area (Å²) in [6.07, 6.45) is 5.27. The Bertz CT molecular complexity index is 567. The second-order valence-electron chi connectivity index (χ2n) is 5.03. The zero-order valence-electron chi connectivity index (χ0n) is 12.8. The van der Waals surface area contributed by atoms with Crippen LogP contribution in [0.15, 0.2) is 59.8 Å². The molecule has 0 spiro atoms. The summed E-state index contributed by atoms with van der Waals surface area (Å²) < 4.78 is 0. The Kier molecular flexibility index (Phi) is 6.30. The molecule has 4 heteroatoms. The van der Waals surface area contributed by atoms with Gasteiger partial charge in [-0.2, -0.15) is 5.10 Å². The summed E-state index contributed by atoms with van der Waals surface area (Å²) in [5.74, 6) is -0.0576. The minimum atomic E-state index is -0.0576.